The van der Waals surface area contributed by atoms with Crippen LogP contribution in [0.15, 0.2) is 28.9 Å². The molecule has 2 heterocycles. The van der Waals surface area contributed by atoms with Crippen molar-refractivity contribution in [3.05, 3.63) is 41.5 Å². The Morgan fingerprint density at radius 3 is 2.87 bits per heavy atom. The summed E-state index contributed by atoms with van der Waals surface area (Å²) < 4.78 is 10.6. The summed E-state index contributed by atoms with van der Waals surface area (Å²) in [5.41, 5.74) is 0.699. The Bertz CT molecular complexity index is 650. The Kier molecular flexibility index (Phi) is 5.33. The average molecular weight is 319 g/mol. The normalized spacial score (nSPS) is 11.3. The number of ether oxygens (including phenoxy) is 1. The molecule has 0 radical (unpaired) electrons. The van der Waals surface area contributed by atoms with E-state index in [1.54, 1.807) is 6.20 Å². The molecule has 0 atom stereocenters. The molecule has 0 unspecified atom stereocenters. The van der Waals surface area contributed by atoms with Gasteiger partial charge in [-0.05, 0) is 19.1 Å². The molecular weight excluding hydrogens is 298 g/mol. The second kappa shape index (κ2) is 7.23. The van der Waals surface area contributed by atoms with Crippen LogP contribution in [-0.2, 0) is 6.61 Å². The molecule has 0 aliphatic carbocycles. The summed E-state index contributed by atoms with van der Waals surface area (Å²) in [6.45, 7) is 6.08. The van der Waals surface area contributed by atoms with Crippen LogP contribution >= 0.6 is 0 Å². The first-order valence-electron chi connectivity index (χ1n) is 7.30. The molecule has 2 rings (SSSR count). The van der Waals surface area contributed by atoms with Crippen molar-refractivity contribution in [3.8, 4) is 5.75 Å². The summed E-state index contributed by atoms with van der Waals surface area (Å²) in [6.07, 6.45) is 1.62. The monoisotopic (exact) mass is 319 g/mol. The Morgan fingerprint density at radius 1 is 1.43 bits per heavy atom. The van der Waals surface area contributed by atoms with Gasteiger partial charge in [0, 0.05) is 30.3 Å². The maximum absolute atomic E-state index is 12.0. The smallest absolute Gasteiger partial charge is 0.273 e. The van der Waals surface area contributed by atoms with Gasteiger partial charge in [0.2, 0.25) is 0 Å². The number of hydrogen-bond acceptors (Lipinski definition) is 6. The zero-order valence-electron chi connectivity index (χ0n) is 13.5. The summed E-state index contributed by atoms with van der Waals surface area (Å²) in [7, 11) is 0. The predicted molar refractivity (Wildman–Crippen MR) is 83.0 cm³/mol. The summed E-state index contributed by atoms with van der Waals surface area (Å²) in [4.78, 5) is 16.1. The van der Waals surface area contributed by atoms with Gasteiger partial charge in [0.15, 0.2) is 11.5 Å². The van der Waals surface area contributed by atoms with Gasteiger partial charge < -0.3 is 19.7 Å². The molecule has 2 N–H and O–H groups in total. The molecule has 0 aliphatic heterocycles. The van der Waals surface area contributed by atoms with Crippen molar-refractivity contribution >= 4 is 5.91 Å². The number of nitrogens with one attached hydrogen (secondary N) is 1. The number of hydrogen-bond donors (Lipinski definition) is 2. The van der Waals surface area contributed by atoms with Crippen molar-refractivity contribution in [2.24, 2.45) is 5.41 Å². The topological polar surface area (TPSA) is 97.5 Å². The van der Waals surface area contributed by atoms with Crippen LogP contribution in [-0.4, -0.2) is 34.3 Å². The van der Waals surface area contributed by atoms with Gasteiger partial charge in [-0.2, -0.15) is 0 Å². The highest BCUT2D eigenvalue weighted by molar-refractivity contribution is 5.92. The van der Waals surface area contributed by atoms with Crippen LogP contribution in [0, 0.1) is 12.3 Å². The van der Waals surface area contributed by atoms with Gasteiger partial charge in [0.05, 0.1) is 6.20 Å². The van der Waals surface area contributed by atoms with E-state index >= 15 is 0 Å². The van der Waals surface area contributed by atoms with Gasteiger partial charge >= 0.3 is 0 Å². The second-order valence-corrected chi connectivity index (χ2v) is 6.11. The molecule has 0 fully saturated rings. The number of carbonyl (C=O) groups is 1. The van der Waals surface area contributed by atoms with E-state index in [-0.39, 0.29) is 30.2 Å². The van der Waals surface area contributed by atoms with Crippen LogP contribution in [0.5, 0.6) is 5.75 Å². The minimum atomic E-state index is -0.385. The fraction of sp³-hybridized carbons (Fsp3) is 0.438. The van der Waals surface area contributed by atoms with E-state index in [2.05, 4.69) is 15.5 Å². The van der Waals surface area contributed by atoms with Crippen molar-refractivity contribution in [3.63, 3.8) is 0 Å². The van der Waals surface area contributed by atoms with E-state index < -0.39 is 0 Å². The molecule has 23 heavy (non-hydrogen) atoms. The molecule has 0 spiro atoms. The maximum atomic E-state index is 12.0. The van der Waals surface area contributed by atoms with E-state index in [1.165, 1.54) is 6.07 Å². The third-order valence-corrected chi connectivity index (χ3v) is 3.21. The second-order valence-electron chi connectivity index (χ2n) is 6.11. The molecule has 7 heteroatoms. The minimum absolute atomic E-state index is 0.0181. The van der Waals surface area contributed by atoms with Gasteiger partial charge in [0.1, 0.15) is 12.4 Å². The number of nitrogens with zero attached hydrogens (tertiary/aromatic N) is 2. The lowest BCUT2D eigenvalue weighted by atomic mass is 9.95. The molecule has 2 aromatic heterocycles. The highest BCUT2D eigenvalue weighted by Crippen LogP contribution is 2.14. The highest BCUT2D eigenvalue weighted by atomic mass is 16.5. The standard InChI is InChI=1S/C16H21N3O4/c1-11-4-5-12(7-17-11)22-8-13-6-14(19-23-13)15(21)18-9-16(2,3)10-20/h4-7,20H,8-10H2,1-3H3,(H,18,21). The van der Waals surface area contributed by atoms with Gasteiger partial charge in [-0.1, -0.05) is 19.0 Å². The quantitative estimate of drug-likeness (QED) is 0.806. The lowest BCUT2D eigenvalue weighted by Gasteiger charge is -2.21. The number of pyridine rings is 1. The van der Waals surface area contributed by atoms with Crippen LogP contribution in [0.1, 0.15) is 35.8 Å². The number of aliphatic hydroxyl groups is 1. The summed E-state index contributed by atoms with van der Waals surface area (Å²) in [6, 6.07) is 5.18. The number of carbonyl (C=O) groups excluding carboxylic acids is 1. The largest absolute Gasteiger partial charge is 0.484 e. The van der Waals surface area contributed by atoms with E-state index in [0.717, 1.165) is 5.69 Å². The lowest BCUT2D eigenvalue weighted by molar-refractivity contribution is 0.0902. The van der Waals surface area contributed by atoms with Crippen molar-refractivity contribution in [2.75, 3.05) is 13.2 Å². The predicted octanol–water partition coefficient (Wildman–Crippen LogP) is 1.71. The number of aliphatic hydroxyl groups excluding tert-OH is 1. The molecule has 2 aromatic rings. The van der Waals surface area contributed by atoms with E-state index in [0.29, 0.717) is 18.1 Å². The summed E-state index contributed by atoms with van der Waals surface area (Å²) in [5, 5.41) is 15.6. The van der Waals surface area contributed by atoms with Gasteiger partial charge in [-0.3, -0.25) is 9.78 Å². The fourth-order valence-corrected chi connectivity index (χ4v) is 1.65. The van der Waals surface area contributed by atoms with Crippen LogP contribution in [0.25, 0.3) is 0 Å². The highest BCUT2D eigenvalue weighted by Gasteiger charge is 2.19. The van der Waals surface area contributed by atoms with Crippen LogP contribution in [0.2, 0.25) is 0 Å². The van der Waals surface area contributed by atoms with Gasteiger partial charge in [-0.25, -0.2) is 0 Å². The third kappa shape index (κ3) is 5.07. The van der Waals surface area contributed by atoms with E-state index in [1.807, 2.05) is 32.9 Å². The van der Waals surface area contributed by atoms with Crippen molar-refractivity contribution in [2.45, 2.75) is 27.4 Å². The average Bonchev–Trinajstić information content (AvgIpc) is 3.01. The van der Waals surface area contributed by atoms with Crippen LogP contribution in [0.4, 0.5) is 0 Å². The molecular formula is C16H21N3O4. The Morgan fingerprint density at radius 2 is 2.22 bits per heavy atom. The van der Waals surface area contributed by atoms with Crippen molar-refractivity contribution in [1.82, 2.24) is 15.5 Å². The molecule has 0 saturated carbocycles. The number of rotatable bonds is 7. The van der Waals surface area contributed by atoms with Crippen LogP contribution < -0.4 is 10.1 Å². The van der Waals surface area contributed by atoms with Crippen LogP contribution in [0.3, 0.4) is 0 Å². The Hall–Kier alpha value is -2.41. The zero-order chi connectivity index (χ0) is 16.9. The summed E-state index contributed by atoms with van der Waals surface area (Å²) in [5.74, 6) is 0.707. The molecule has 0 saturated heterocycles. The summed E-state index contributed by atoms with van der Waals surface area (Å²) >= 11 is 0. The van der Waals surface area contributed by atoms with Crippen molar-refractivity contribution < 1.29 is 19.2 Å². The lowest BCUT2D eigenvalue weighted by Crippen LogP contribution is -2.36. The fourth-order valence-electron chi connectivity index (χ4n) is 1.65. The van der Waals surface area contributed by atoms with E-state index in [4.69, 9.17) is 14.4 Å². The molecule has 124 valence electrons. The molecule has 0 aliphatic rings. The minimum Gasteiger partial charge on any atom is -0.484 e. The van der Waals surface area contributed by atoms with Crippen molar-refractivity contribution in [1.29, 1.82) is 0 Å². The third-order valence-electron chi connectivity index (χ3n) is 3.21. The maximum Gasteiger partial charge on any atom is 0.273 e. The molecule has 1 amide bonds. The number of aromatic nitrogens is 2. The number of aryl methyl sites for hydroxylation is 1. The zero-order valence-corrected chi connectivity index (χ0v) is 13.5. The Labute approximate surface area is 134 Å². The molecule has 0 bridgehead atoms. The number of amides is 1. The first-order chi connectivity index (χ1) is 10.9. The molecule has 7 nitrogen and oxygen atoms in total. The first kappa shape index (κ1) is 17.0. The van der Waals surface area contributed by atoms with Gasteiger partial charge in [0.25, 0.3) is 5.91 Å². The Balaban J connectivity index is 1.87. The van der Waals surface area contributed by atoms with E-state index in [9.17, 15) is 4.79 Å². The molecule has 0 aromatic carbocycles. The van der Waals surface area contributed by atoms with Gasteiger partial charge in [-0.15, -0.1) is 0 Å². The SMILES string of the molecule is Cc1ccc(OCc2cc(C(=O)NCC(C)(C)CO)no2)cn1. The first-order valence-corrected chi connectivity index (χ1v) is 7.30.